The van der Waals surface area contributed by atoms with E-state index in [2.05, 4.69) is 20.7 Å². The molecule has 2 N–H and O–H groups in total. The van der Waals surface area contributed by atoms with Gasteiger partial charge in [-0.1, -0.05) is 5.16 Å². The molecule has 0 saturated carbocycles. The van der Waals surface area contributed by atoms with Gasteiger partial charge < -0.3 is 9.84 Å². The summed E-state index contributed by atoms with van der Waals surface area (Å²) in [6, 6.07) is 1.64. The van der Waals surface area contributed by atoms with Crippen LogP contribution in [-0.4, -0.2) is 21.3 Å². The van der Waals surface area contributed by atoms with Gasteiger partial charge in [0.1, 0.15) is 11.5 Å². The highest BCUT2D eigenvalue weighted by atomic mass is 16.5. The maximum atomic E-state index is 11.6. The molecule has 2 aromatic rings. The highest BCUT2D eigenvalue weighted by Crippen LogP contribution is 2.10. The summed E-state index contributed by atoms with van der Waals surface area (Å²) in [5, 5.41) is 12.6. The number of rotatable bonds is 2. The number of amides is 1. The molecule has 15 heavy (non-hydrogen) atoms. The summed E-state index contributed by atoms with van der Waals surface area (Å²) in [4.78, 5) is 11.6. The molecule has 0 bridgehead atoms. The first-order chi connectivity index (χ1) is 7.16. The number of hydrogen-bond acceptors (Lipinski definition) is 4. The molecule has 0 atom stereocenters. The molecule has 0 radical (unpaired) electrons. The van der Waals surface area contributed by atoms with Gasteiger partial charge in [0.15, 0.2) is 5.82 Å². The van der Waals surface area contributed by atoms with E-state index in [9.17, 15) is 4.79 Å². The lowest BCUT2D eigenvalue weighted by molar-refractivity contribution is 0.102. The number of carbonyl (C=O) groups is 1. The Morgan fingerprint density at radius 1 is 1.53 bits per heavy atom. The molecular formula is C9H10N4O2. The molecule has 0 saturated heterocycles. The number of aromatic nitrogens is 3. The Bertz CT molecular complexity index is 486. The van der Waals surface area contributed by atoms with Crippen molar-refractivity contribution in [1.82, 2.24) is 15.4 Å². The second-order valence-electron chi connectivity index (χ2n) is 3.20. The summed E-state index contributed by atoms with van der Waals surface area (Å²) < 4.78 is 4.82. The van der Waals surface area contributed by atoms with Crippen molar-refractivity contribution in [3.63, 3.8) is 0 Å². The van der Waals surface area contributed by atoms with Crippen molar-refractivity contribution in [3.8, 4) is 0 Å². The molecule has 0 aliphatic carbocycles. The predicted octanol–water partition coefficient (Wildman–Crippen LogP) is 1.27. The maximum Gasteiger partial charge on any atom is 0.275 e. The van der Waals surface area contributed by atoms with Crippen LogP contribution in [0.3, 0.4) is 0 Å². The highest BCUT2D eigenvalue weighted by molar-refractivity contribution is 6.03. The van der Waals surface area contributed by atoms with Crippen LogP contribution in [0.1, 0.15) is 21.8 Å². The molecule has 0 aliphatic heterocycles. The van der Waals surface area contributed by atoms with Gasteiger partial charge in [-0.05, 0) is 19.4 Å². The number of anilines is 1. The fourth-order valence-electron chi connectivity index (χ4n) is 1.18. The van der Waals surface area contributed by atoms with Gasteiger partial charge in [-0.15, -0.1) is 0 Å². The minimum Gasteiger partial charge on any atom is -0.360 e. The smallest absolute Gasteiger partial charge is 0.275 e. The Hall–Kier alpha value is -2.11. The van der Waals surface area contributed by atoms with E-state index >= 15 is 0 Å². The van der Waals surface area contributed by atoms with E-state index in [4.69, 9.17) is 4.52 Å². The van der Waals surface area contributed by atoms with Crippen LogP contribution < -0.4 is 5.32 Å². The highest BCUT2D eigenvalue weighted by Gasteiger charge is 2.12. The standard InChI is InChI=1S/C9H10N4O2/c1-5-4-10-12-8(5)9(14)11-7-3-6(2)15-13-7/h3-4H,1-2H3,(H,10,12)(H,11,13,14). The lowest BCUT2D eigenvalue weighted by atomic mass is 10.2. The molecule has 2 aromatic heterocycles. The second-order valence-corrected chi connectivity index (χ2v) is 3.20. The van der Waals surface area contributed by atoms with Crippen molar-refractivity contribution in [2.75, 3.05) is 5.32 Å². The summed E-state index contributed by atoms with van der Waals surface area (Å²) in [6.45, 7) is 3.55. The minimum absolute atomic E-state index is 0.279. The zero-order valence-electron chi connectivity index (χ0n) is 8.37. The van der Waals surface area contributed by atoms with Gasteiger partial charge in [0.05, 0.1) is 6.20 Å². The summed E-state index contributed by atoms with van der Waals surface area (Å²) in [5.74, 6) is 0.761. The normalized spacial score (nSPS) is 10.3. The number of hydrogen-bond donors (Lipinski definition) is 2. The van der Waals surface area contributed by atoms with E-state index < -0.39 is 0 Å². The second kappa shape index (κ2) is 3.56. The van der Waals surface area contributed by atoms with Crippen LogP contribution in [0.2, 0.25) is 0 Å². The average Bonchev–Trinajstić information content (AvgIpc) is 2.75. The van der Waals surface area contributed by atoms with Crippen molar-refractivity contribution < 1.29 is 9.32 Å². The number of carbonyl (C=O) groups excluding carboxylic acids is 1. The van der Waals surface area contributed by atoms with E-state index in [-0.39, 0.29) is 5.91 Å². The Kier molecular flexibility index (Phi) is 2.24. The van der Waals surface area contributed by atoms with Crippen molar-refractivity contribution in [1.29, 1.82) is 0 Å². The van der Waals surface area contributed by atoms with E-state index in [1.54, 1.807) is 26.1 Å². The van der Waals surface area contributed by atoms with Crippen LogP contribution in [-0.2, 0) is 0 Å². The van der Waals surface area contributed by atoms with Crippen molar-refractivity contribution in [2.45, 2.75) is 13.8 Å². The van der Waals surface area contributed by atoms with Crippen molar-refractivity contribution in [2.24, 2.45) is 0 Å². The zero-order valence-corrected chi connectivity index (χ0v) is 8.37. The zero-order chi connectivity index (χ0) is 10.8. The lowest BCUT2D eigenvalue weighted by Crippen LogP contribution is -2.13. The van der Waals surface area contributed by atoms with Crippen LogP contribution in [0.15, 0.2) is 16.8 Å². The topological polar surface area (TPSA) is 83.8 Å². The molecule has 1 amide bonds. The molecule has 78 valence electrons. The number of H-pyrrole nitrogens is 1. The Labute approximate surface area is 85.7 Å². The number of nitrogens with zero attached hydrogens (tertiary/aromatic N) is 2. The van der Waals surface area contributed by atoms with Crippen molar-refractivity contribution >= 4 is 11.7 Å². The van der Waals surface area contributed by atoms with Gasteiger partial charge in [0.25, 0.3) is 5.91 Å². The van der Waals surface area contributed by atoms with E-state index in [1.165, 1.54) is 0 Å². The summed E-state index contributed by atoms with van der Waals surface area (Å²) in [6.07, 6.45) is 1.59. The molecule has 0 aliphatic rings. The average molecular weight is 206 g/mol. The van der Waals surface area contributed by atoms with Gasteiger partial charge in [-0.25, -0.2) is 0 Å². The first-order valence-corrected chi connectivity index (χ1v) is 4.41. The van der Waals surface area contributed by atoms with Crippen LogP contribution >= 0.6 is 0 Å². The third-order valence-electron chi connectivity index (χ3n) is 1.93. The monoisotopic (exact) mass is 206 g/mol. The SMILES string of the molecule is Cc1cc(NC(=O)c2[nH]ncc2C)no1. The molecule has 6 heteroatoms. The van der Waals surface area contributed by atoms with E-state index in [0.29, 0.717) is 17.3 Å². The molecule has 0 unspecified atom stereocenters. The maximum absolute atomic E-state index is 11.6. The first kappa shape index (κ1) is 9.45. The Morgan fingerprint density at radius 2 is 2.33 bits per heavy atom. The van der Waals surface area contributed by atoms with Gasteiger partial charge in [0, 0.05) is 6.07 Å². The minimum atomic E-state index is -0.279. The van der Waals surface area contributed by atoms with Gasteiger partial charge >= 0.3 is 0 Å². The predicted molar refractivity (Wildman–Crippen MR) is 52.5 cm³/mol. The fraction of sp³-hybridized carbons (Fsp3) is 0.222. The Balaban J connectivity index is 2.14. The number of nitrogens with one attached hydrogen (secondary N) is 2. The van der Waals surface area contributed by atoms with Crippen LogP contribution in [0.5, 0.6) is 0 Å². The van der Waals surface area contributed by atoms with Crippen LogP contribution in [0.4, 0.5) is 5.82 Å². The first-order valence-electron chi connectivity index (χ1n) is 4.41. The van der Waals surface area contributed by atoms with Crippen LogP contribution in [0, 0.1) is 13.8 Å². The van der Waals surface area contributed by atoms with E-state index in [0.717, 1.165) is 5.56 Å². The Morgan fingerprint density at radius 3 is 2.87 bits per heavy atom. The summed E-state index contributed by atoms with van der Waals surface area (Å²) >= 11 is 0. The number of aryl methyl sites for hydroxylation is 2. The van der Waals surface area contributed by atoms with Gasteiger partial charge in [-0.2, -0.15) is 5.10 Å². The molecule has 0 aromatic carbocycles. The third-order valence-corrected chi connectivity index (χ3v) is 1.93. The van der Waals surface area contributed by atoms with Crippen molar-refractivity contribution in [3.05, 3.63) is 29.3 Å². The third kappa shape index (κ3) is 1.88. The summed E-state index contributed by atoms with van der Waals surface area (Å²) in [7, 11) is 0. The van der Waals surface area contributed by atoms with Gasteiger partial charge in [-0.3, -0.25) is 9.89 Å². The van der Waals surface area contributed by atoms with E-state index in [1.807, 2.05) is 0 Å². The molecule has 2 heterocycles. The molecule has 6 nitrogen and oxygen atoms in total. The van der Waals surface area contributed by atoms with Gasteiger partial charge in [0.2, 0.25) is 0 Å². The quantitative estimate of drug-likeness (QED) is 0.774. The lowest BCUT2D eigenvalue weighted by Gasteiger charge is -1.98. The molecule has 2 rings (SSSR count). The molecule has 0 spiro atoms. The summed E-state index contributed by atoms with van der Waals surface area (Å²) in [5.41, 5.74) is 1.21. The fourth-order valence-corrected chi connectivity index (χ4v) is 1.18. The number of aromatic amines is 1. The molecule has 0 fully saturated rings. The van der Waals surface area contributed by atoms with Crippen LogP contribution in [0.25, 0.3) is 0 Å². The molecular weight excluding hydrogens is 196 g/mol. The largest absolute Gasteiger partial charge is 0.360 e.